The smallest absolute Gasteiger partial charge is 0.282 e. The standard InChI is InChI=1S/C19H16N4O4S/c1-12-6-8-13(9-7-12)22-18(15-10-28(27)11-16(15)21-22)20-19(24)14-4-2-3-5-17(14)23(25)26/h2-9H,10-11H2,1H3,(H,20,24). The highest BCUT2D eigenvalue weighted by Gasteiger charge is 2.29. The number of para-hydroxylation sites is 1. The highest BCUT2D eigenvalue weighted by molar-refractivity contribution is 7.83. The number of hydrogen-bond donors (Lipinski definition) is 1. The van der Waals surface area contributed by atoms with E-state index in [0.29, 0.717) is 22.8 Å². The molecule has 0 saturated heterocycles. The molecule has 142 valence electrons. The summed E-state index contributed by atoms with van der Waals surface area (Å²) in [5, 5.41) is 18.5. The van der Waals surface area contributed by atoms with Gasteiger partial charge < -0.3 is 5.32 Å². The number of nitro groups is 1. The predicted octanol–water partition coefficient (Wildman–Crippen LogP) is 3.10. The third-order valence-corrected chi connectivity index (χ3v) is 5.73. The summed E-state index contributed by atoms with van der Waals surface area (Å²) in [5.41, 5.74) is 2.86. The molecule has 1 N–H and O–H groups in total. The van der Waals surface area contributed by atoms with Crippen molar-refractivity contribution in [2.24, 2.45) is 0 Å². The SMILES string of the molecule is Cc1ccc(-n2nc3c(c2NC(=O)c2ccccc2[N+](=O)[O-])CS(=O)C3)cc1. The number of rotatable bonds is 4. The number of nitrogens with zero attached hydrogens (tertiary/aromatic N) is 3. The number of nitrogens with one attached hydrogen (secondary N) is 1. The number of aryl methyl sites for hydroxylation is 1. The number of carbonyl (C=O) groups excluding carboxylic acids is 1. The zero-order valence-electron chi connectivity index (χ0n) is 14.9. The van der Waals surface area contributed by atoms with Crippen molar-refractivity contribution in [3.63, 3.8) is 0 Å². The summed E-state index contributed by atoms with van der Waals surface area (Å²) >= 11 is 0. The molecule has 28 heavy (non-hydrogen) atoms. The molecule has 1 atom stereocenters. The van der Waals surface area contributed by atoms with Crippen LogP contribution in [0, 0.1) is 17.0 Å². The summed E-state index contributed by atoms with van der Waals surface area (Å²) in [6.07, 6.45) is 0. The maximum atomic E-state index is 12.8. The Labute approximate surface area is 162 Å². The Balaban J connectivity index is 1.77. The number of fused-ring (bicyclic) bond motifs is 1. The van der Waals surface area contributed by atoms with Gasteiger partial charge in [0.1, 0.15) is 11.4 Å². The van der Waals surface area contributed by atoms with Crippen LogP contribution in [0.3, 0.4) is 0 Å². The predicted molar refractivity (Wildman–Crippen MR) is 105 cm³/mol. The van der Waals surface area contributed by atoms with E-state index in [1.54, 1.807) is 10.7 Å². The van der Waals surface area contributed by atoms with E-state index in [0.717, 1.165) is 11.3 Å². The average molecular weight is 396 g/mol. The fraction of sp³-hybridized carbons (Fsp3) is 0.158. The largest absolute Gasteiger partial charge is 0.306 e. The van der Waals surface area contributed by atoms with E-state index in [9.17, 15) is 19.1 Å². The molecule has 2 aromatic carbocycles. The fourth-order valence-electron chi connectivity index (χ4n) is 3.13. The third kappa shape index (κ3) is 3.20. The third-order valence-electron chi connectivity index (χ3n) is 4.53. The molecule has 0 fully saturated rings. The normalized spacial score (nSPS) is 15.2. The summed E-state index contributed by atoms with van der Waals surface area (Å²) in [5.74, 6) is 0.393. The van der Waals surface area contributed by atoms with Crippen LogP contribution >= 0.6 is 0 Å². The van der Waals surface area contributed by atoms with Crippen LogP contribution in [0.25, 0.3) is 5.69 Å². The first-order chi connectivity index (χ1) is 13.4. The number of anilines is 1. The molecule has 1 aromatic heterocycles. The van der Waals surface area contributed by atoms with E-state index in [1.807, 2.05) is 31.2 Å². The molecule has 0 spiro atoms. The molecule has 4 rings (SSSR count). The Bertz CT molecular complexity index is 1120. The van der Waals surface area contributed by atoms with Gasteiger partial charge in [0.2, 0.25) is 0 Å². The summed E-state index contributed by atoms with van der Waals surface area (Å²) in [6, 6.07) is 13.3. The van der Waals surface area contributed by atoms with Crippen LogP contribution in [0.5, 0.6) is 0 Å². The summed E-state index contributed by atoms with van der Waals surface area (Å²) in [6.45, 7) is 1.97. The van der Waals surface area contributed by atoms with Gasteiger partial charge in [-0.25, -0.2) is 4.68 Å². The minimum Gasteiger partial charge on any atom is -0.306 e. The van der Waals surface area contributed by atoms with Crippen LogP contribution in [-0.4, -0.2) is 24.8 Å². The van der Waals surface area contributed by atoms with Crippen molar-refractivity contribution in [1.82, 2.24) is 9.78 Å². The number of aromatic nitrogens is 2. The first-order valence-electron chi connectivity index (χ1n) is 8.51. The van der Waals surface area contributed by atoms with Gasteiger partial charge in [0.05, 0.1) is 27.8 Å². The lowest BCUT2D eigenvalue weighted by Gasteiger charge is -2.11. The lowest BCUT2D eigenvalue weighted by atomic mass is 10.1. The van der Waals surface area contributed by atoms with Crippen molar-refractivity contribution in [2.75, 3.05) is 5.32 Å². The lowest BCUT2D eigenvalue weighted by molar-refractivity contribution is -0.385. The van der Waals surface area contributed by atoms with E-state index in [1.165, 1.54) is 18.2 Å². The topological polar surface area (TPSA) is 107 Å². The molecule has 2 heterocycles. The van der Waals surface area contributed by atoms with Crippen molar-refractivity contribution in [3.05, 3.63) is 81.0 Å². The van der Waals surface area contributed by atoms with Crippen LogP contribution in [0.2, 0.25) is 0 Å². The number of carbonyl (C=O) groups is 1. The molecule has 0 saturated carbocycles. The molecule has 0 aliphatic carbocycles. The number of benzene rings is 2. The van der Waals surface area contributed by atoms with Gasteiger partial charge in [-0.05, 0) is 25.1 Å². The minimum atomic E-state index is -1.07. The molecule has 0 radical (unpaired) electrons. The summed E-state index contributed by atoms with van der Waals surface area (Å²) in [4.78, 5) is 23.5. The first-order valence-corrected chi connectivity index (χ1v) is 10.0. The highest BCUT2D eigenvalue weighted by atomic mass is 32.2. The average Bonchev–Trinajstić information content (AvgIpc) is 3.19. The fourth-order valence-corrected chi connectivity index (χ4v) is 4.39. The van der Waals surface area contributed by atoms with Crippen LogP contribution in [0.15, 0.2) is 48.5 Å². The van der Waals surface area contributed by atoms with Gasteiger partial charge in [-0.15, -0.1) is 0 Å². The Morgan fingerprint density at radius 2 is 1.89 bits per heavy atom. The van der Waals surface area contributed by atoms with Gasteiger partial charge in [0.25, 0.3) is 11.6 Å². The lowest BCUT2D eigenvalue weighted by Crippen LogP contribution is -2.17. The quantitative estimate of drug-likeness (QED) is 0.539. The first kappa shape index (κ1) is 18.1. The Hall–Kier alpha value is -3.33. The van der Waals surface area contributed by atoms with E-state index in [4.69, 9.17) is 0 Å². The zero-order valence-corrected chi connectivity index (χ0v) is 15.7. The van der Waals surface area contributed by atoms with Crippen molar-refractivity contribution >= 4 is 28.2 Å². The monoisotopic (exact) mass is 396 g/mol. The Morgan fingerprint density at radius 1 is 1.18 bits per heavy atom. The number of amides is 1. The molecule has 8 nitrogen and oxygen atoms in total. The summed E-state index contributed by atoms with van der Waals surface area (Å²) in [7, 11) is -1.07. The van der Waals surface area contributed by atoms with Crippen molar-refractivity contribution in [1.29, 1.82) is 0 Å². The van der Waals surface area contributed by atoms with Crippen LogP contribution < -0.4 is 5.32 Å². The molecule has 0 bridgehead atoms. The van der Waals surface area contributed by atoms with Gasteiger partial charge in [-0.2, -0.15) is 5.10 Å². The van der Waals surface area contributed by atoms with Crippen molar-refractivity contribution < 1.29 is 13.9 Å². The van der Waals surface area contributed by atoms with E-state index in [2.05, 4.69) is 10.4 Å². The molecule has 1 amide bonds. The number of nitro benzene ring substituents is 1. The Kier molecular flexibility index (Phi) is 4.52. The number of hydrogen-bond acceptors (Lipinski definition) is 5. The van der Waals surface area contributed by atoms with E-state index in [-0.39, 0.29) is 17.0 Å². The maximum absolute atomic E-state index is 12.8. The molecule has 9 heteroatoms. The maximum Gasteiger partial charge on any atom is 0.282 e. The minimum absolute atomic E-state index is 0.0444. The molecule has 1 unspecified atom stereocenters. The van der Waals surface area contributed by atoms with Crippen LogP contribution in [0.4, 0.5) is 11.5 Å². The van der Waals surface area contributed by atoms with Crippen LogP contribution in [-0.2, 0) is 22.3 Å². The van der Waals surface area contributed by atoms with Crippen molar-refractivity contribution in [3.8, 4) is 5.69 Å². The van der Waals surface area contributed by atoms with Gasteiger partial charge in [-0.1, -0.05) is 29.8 Å². The second-order valence-corrected chi connectivity index (χ2v) is 7.94. The van der Waals surface area contributed by atoms with Crippen molar-refractivity contribution in [2.45, 2.75) is 18.4 Å². The highest BCUT2D eigenvalue weighted by Crippen LogP contribution is 2.32. The Morgan fingerprint density at radius 3 is 2.61 bits per heavy atom. The molecular weight excluding hydrogens is 380 g/mol. The van der Waals surface area contributed by atoms with Gasteiger partial charge in [0, 0.05) is 22.4 Å². The molecule has 1 aliphatic heterocycles. The van der Waals surface area contributed by atoms with Gasteiger partial charge in [-0.3, -0.25) is 19.1 Å². The van der Waals surface area contributed by atoms with Crippen LogP contribution in [0.1, 0.15) is 27.2 Å². The molecule has 1 aliphatic rings. The van der Waals surface area contributed by atoms with E-state index >= 15 is 0 Å². The van der Waals surface area contributed by atoms with Gasteiger partial charge in [0.15, 0.2) is 0 Å². The van der Waals surface area contributed by atoms with Gasteiger partial charge >= 0.3 is 0 Å². The second kappa shape index (κ2) is 7.01. The second-order valence-electron chi connectivity index (χ2n) is 6.48. The van der Waals surface area contributed by atoms with E-state index < -0.39 is 21.6 Å². The molecule has 3 aromatic rings. The zero-order chi connectivity index (χ0) is 19.8. The molecular formula is C19H16N4O4S. The summed E-state index contributed by atoms with van der Waals surface area (Å²) < 4.78 is 13.6.